The van der Waals surface area contributed by atoms with E-state index in [2.05, 4.69) is 144 Å². The highest BCUT2D eigenvalue weighted by Gasteiger charge is 2.24. The third kappa shape index (κ3) is 6.95. The van der Waals surface area contributed by atoms with E-state index in [1.54, 1.807) is 0 Å². The molecule has 0 fully saturated rings. The Kier molecular flexibility index (Phi) is 9.56. The van der Waals surface area contributed by atoms with Gasteiger partial charge in [-0.2, -0.15) is 5.10 Å². The Balaban J connectivity index is 1.33. The summed E-state index contributed by atoms with van der Waals surface area (Å²) in [5, 5.41) is 7.79. The summed E-state index contributed by atoms with van der Waals surface area (Å²) in [6.45, 7) is 18.0. The molecule has 0 aliphatic rings. The van der Waals surface area contributed by atoms with Gasteiger partial charge in [0.05, 0.1) is 28.1 Å². The van der Waals surface area contributed by atoms with E-state index in [9.17, 15) is 0 Å². The van der Waals surface area contributed by atoms with Crippen LogP contribution < -0.4 is 4.74 Å². The molecule has 0 atom stereocenters. The number of nitrogens with zero attached hydrogens (tertiary/aromatic N) is 4. The SMILES string of the molecule is Cc1ccnc(-n2c3ccccc3c3ccc(Oc4cccc(-n5nc(CCC(C)C)c(-c6c(C)cc(C)cc6C)c5CCC(C)C)c4)cc32)c1. The lowest BCUT2D eigenvalue weighted by atomic mass is 9.89. The van der Waals surface area contributed by atoms with Crippen LogP contribution in [0.25, 0.3) is 44.4 Å². The van der Waals surface area contributed by atoms with Crippen LogP contribution in [-0.4, -0.2) is 19.3 Å². The number of rotatable bonds is 11. The highest BCUT2D eigenvalue weighted by Crippen LogP contribution is 2.39. The van der Waals surface area contributed by atoms with Gasteiger partial charge in [0.15, 0.2) is 0 Å². The van der Waals surface area contributed by atoms with Crippen molar-refractivity contribution in [3.63, 3.8) is 0 Å². The summed E-state index contributed by atoms with van der Waals surface area (Å²) in [5.74, 6) is 3.63. The van der Waals surface area contributed by atoms with Crippen molar-refractivity contribution in [2.24, 2.45) is 11.8 Å². The lowest BCUT2D eigenvalue weighted by Gasteiger charge is -2.16. The topological polar surface area (TPSA) is 44.9 Å². The van der Waals surface area contributed by atoms with Crippen molar-refractivity contribution in [2.75, 3.05) is 0 Å². The lowest BCUT2D eigenvalue weighted by molar-refractivity contribution is 0.482. The van der Waals surface area contributed by atoms with Crippen LogP contribution in [0.3, 0.4) is 0 Å². The summed E-state index contributed by atoms with van der Waals surface area (Å²) in [5.41, 5.74) is 13.4. The van der Waals surface area contributed by atoms with Crippen LogP contribution in [0.5, 0.6) is 11.5 Å². The first-order valence-corrected chi connectivity index (χ1v) is 18.5. The molecule has 260 valence electrons. The third-order valence-corrected chi connectivity index (χ3v) is 9.97. The second-order valence-electron chi connectivity index (χ2n) is 15.1. The van der Waals surface area contributed by atoms with Crippen molar-refractivity contribution in [1.29, 1.82) is 0 Å². The number of para-hydroxylation sites is 1. The number of hydrogen-bond donors (Lipinski definition) is 0. The predicted molar refractivity (Wildman–Crippen MR) is 213 cm³/mol. The van der Waals surface area contributed by atoms with E-state index in [-0.39, 0.29) is 0 Å². The summed E-state index contributed by atoms with van der Waals surface area (Å²) in [6.07, 6.45) is 5.96. The zero-order valence-corrected chi connectivity index (χ0v) is 31.4. The highest BCUT2D eigenvalue weighted by molar-refractivity contribution is 6.09. The number of pyridine rings is 1. The Morgan fingerprint density at radius 1 is 0.627 bits per heavy atom. The fraction of sp³-hybridized carbons (Fsp3) is 0.304. The largest absolute Gasteiger partial charge is 0.457 e. The Morgan fingerprint density at radius 3 is 2.08 bits per heavy atom. The van der Waals surface area contributed by atoms with Crippen LogP contribution in [0.4, 0.5) is 0 Å². The number of benzene rings is 4. The van der Waals surface area contributed by atoms with Crippen molar-refractivity contribution in [3.8, 4) is 34.1 Å². The molecule has 5 nitrogen and oxygen atoms in total. The monoisotopic (exact) mass is 674 g/mol. The van der Waals surface area contributed by atoms with E-state index in [0.29, 0.717) is 11.8 Å². The van der Waals surface area contributed by atoms with Gasteiger partial charge in [0, 0.05) is 34.7 Å². The molecule has 0 saturated heterocycles. The van der Waals surface area contributed by atoms with Gasteiger partial charge < -0.3 is 4.74 Å². The Morgan fingerprint density at radius 2 is 1.33 bits per heavy atom. The second-order valence-corrected chi connectivity index (χ2v) is 15.1. The van der Waals surface area contributed by atoms with Gasteiger partial charge in [-0.05, 0) is 130 Å². The molecule has 0 bridgehead atoms. The van der Waals surface area contributed by atoms with Crippen molar-refractivity contribution in [2.45, 2.75) is 81.1 Å². The molecular formula is C46H50N4O. The molecule has 4 aromatic carbocycles. The lowest BCUT2D eigenvalue weighted by Crippen LogP contribution is -2.05. The average Bonchev–Trinajstić information content (AvgIpc) is 3.61. The summed E-state index contributed by atoms with van der Waals surface area (Å²) in [4.78, 5) is 4.76. The minimum Gasteiger partial charge on any atom is -0.457 e. The van der Waals surface area contributed by atoms with Crippen molar-refractivity contribution in [3.05, 3.63) is 131 Å². The molecule has 3 heterocycles. The van der Waals surface area contributed by atoms with Crippen LogP contribution in [0.2, 0.25) is 0 Å². The molecule has 0 N–H and O–H groups in total. The molecule has 7 aromatic rings. The van der Waals surface area contributed by atoms with Gasteiger partial charge in [-0.1, -0.05) is 69.7 Å². The third-order valence-electron chi connectivity index (χ3n) is 9.97. The number of ether oxygens (including phenoxy) is 1. The number of aromatic nitrogens is 4. The van der Waals surface area contributed by atoms with Crippen LogP contribution in [0, 0.1) is 39.5 Å². The van der Waals surface area contributed by atoms with Crippen molar-refractivity contribution in [1.82, 2.24) is 19.3 Å². The molecule has 7 rings (SSSR count). The zero-order chi connectivity index (χ0) is 35.8. The van der Waals surface area contributed by atoms with E-state index >= 15 is 0 Å². The number of hydrogen-bond acceptors (Lipinski definition) is 3. The number of fused-ring (bicyclic) bond motifs is 3. The molecule has 0 aliphatic carbocycles. The first-order valence-electron chi connectivity index (χ1n) is 18.5. The van der Waals surface area contributed by atoms with Gasteiger partial charge >= 0.3 is 0 Å². The van der Waals surface area contributed by atoms with Gasteiger partial charge in [0.2, 0.25) is 0 Å². The molecule has 5 heteroatoms. The van der Waals surface area contributed by atoms with Crippen LogP contribution >= 0.6 is 0 Å². The van der Waals surface area contributed by atoms with E-state index in [1.165, 1.54) is 55.5 Å². The summed E-state index contributed by atoms with van der Waals surface area (Å²) in [7, 11) is 0. The maximum absolute atomic E-state index is 6.67. The van der Waals surface area contributed by atoms with Gasteiger partial charge in [0.1, 0.15) is 17.3 Å². The van der Waals surface area contributed by atoms with E-state index in [0.717, 1.165) is 59.7 Å². The van der Waals surface area contributed by atoms with Crippen molar-refractivity contribution >= 4 is 21.8 Å². The predicted octanol–water partition coefficient (Wildman–Crippen LogP) is 12.2. The summed E-state index contributed by atoms with van der Waals surface area (Å²) < 4.78 is 11.1. The van der Waals surface area contributed by atoms with Gasteiger partial charge in [-0.3, -0.25) is 4.57 Å². The average molecular weight is 675 g/mol. The quantitative estimate of drug-likeness (QED) is 0.137. The van der Waals surface area contributed by atoms with E-state index < -0.39 is 0 Å². The van der Waals surface area contributed by atoms with Gasteiger partial charge in [0.25, 0.3) is 0 Å². The molecule has 0 amide bonds. The maximum atomic E-state index is 6.67. The maximum Gasteiger partial charge on any atom is 0.137 e. The fourth-order valence-electron chi connectivity index (χ4n) is 7.55. The van der Waals surface area contributed by atoms with E-state index in [4.69, 9.17) is 14.8 Å². The Hall–Kier alpha value is -5.16. The number of aryl methyl sites for hydroxylation is 5. The molecular weight excluding hydrogens is 625 g/mol. The first-order chi connectivity index (χ1) is 24.6. The Bertz CT molecular complexity index is 2330. The highest BCUT2D eigenvalue weighted by atomic mass is 16.5. The Labute approximate surface area is 302 Å². The van der Waals surface area contributed by atoms with Crippen LogP contribution in [-0.2, 0) is 12.8 Å². The summed E-state index contributed by atoms with van der Waals surface area (Å²) >= 11 is 0. The van der Waals surface area contributed by atoms with Crippen LogP contribution in [0.1, 0.15) is 74.2 Å². The van der Waals surface area contributed by atoms with Gasteiger partial charge in [-0.25, -0.2) is 9.67 Å². The van der Waals surface area contributed by atoms with E-state index in [1.807, 2.05) is 18.3 Å². The minimum atomic E-state index is 0.579. The molecule has 0 radical (unpaired) electrons. The normalized spacial score (nSPS) is 11.8. The fourth-order valence-corrected chi connectivity index (χ4v) is 7.55. The molecule has 51 heavy (non-hydrogen) atoms. The molecule has 0 spiro atoms. The molecule has 0 unspecified atom stereocenters. The summed E-state index contributed by atoms with van der Waals surface area (Å²) in [6, 6.07) is 32.1. The first kappa shape index (κ1) is 34.3. The zero-order valence-electron chi connectivity index (χ0n) is 31.4. The smallest absolute Gasteiger partial charge is 0.137 e. The minimum absolute atomic E-state index is 0.579. The second kappa shape index (κ2) is 14.2. The molecule has 0 saturated carbocycles. The molecule has 3 aromatic heterocycles. The van der Waals surface area contributed by atoms with Crippen LogP contribution in [0.15, 0.2) is 97.2 Å². The van der Waals surface area contributed by atoms with Crippen molar-refractivity contribution < 1.29 is 4.74 Å². The standard InChI is InChI=1S/C46H50N4O/c1-29(2)16-20-40-46(45-33(7)24-32(6)25-34(45)8)42(21-17-30(3)4)50(48-40)35-12-11-13-36(27-35)51-37-18-19-39-38-14-9-10-15-41(38)49(43(39)28-37)44-26-31(5)22-23-47-44/h9-15,18-19,22-30H,16-17,20-21H2,1-8H3. The van der Waals surface area contributed by atoms with Gasteiger partial charge in [-0.15, -0.1) is 0 Å². The molecule has 0 aliphatic heterocycles.